The van der Waals surface area contributed by atoms with E-state index in [9.17, 15) is 0 Å². The Morgan fingerprint density at radius 3 is 1.86 bits per heavy atom. The Bertz CT molecular complexity index is 606. The third-order valence-corrected chi connectivity index (χ3v) is 5.71. The molecule has 0 radical (unpaired) electrons. The number of imidazole rings is 1. The van der Waals surface area contributed by atoms with Gasteiger partial charge in [0.25, 0.3) is 5.82 Å². The molecule has 28 heavy (non-hydrogen) atoms. The van der Waals surface area contributed by atoms with E-state index in [1.807, 2.05) is 0 Å². The lowest BCUT2D eigenvalue weighted by Crippen LogP contribution is -3.00. The lowest BCUT2D eigenvalue weighted by molar-refractivity contribution is -0.702. The summed E-state index contributed by atoms with van der Waals surface area (Å²) in [5.41, 5.74) is 1.37. The predicted octanol–water partition coefficient (Wildman–Crippen LogP) is 3.84. The first-order valence-electron chi connectivity index (χ1n) is 11.4. The number of hydrogen-bond acceptors (Lipinski definition) is 0. The Hall–Kier alpha value is -1.28. The average Bonchev–Trinajstić information content (AvgIpc) is 3.03. The van der Waals surface area contributed by atoms with Crippen LogP contribution >= 0.6 is 0 Å². The van der Waals surface area contributed by atoms with Crippen molar-refractivity contribution in [3.8, 4) is 0 Å². The Morgan fingerprint density at radius 1 is 0.750 bits per heavy atom. The van der Waals surface area contributed by atoms with Crippen molar-refractivity contribution in [1.29, 1.82) is 0 Å². The highest BCUT2D eigenvalue weighted by atomic mass is 35.5. The second-order valence-electron chi connectivity index (χ2n) is 8.04. The monoisotopic (exact) mass is 404 g/mol. The molecule has 1 aromatic carbocycles. The van der Waals surface area contributed by atoms with Crippen molar-refractivity contribution >= 4 is 0 Å². The minimum atomic E-state index is 0. The number of nitrogens with zero attached hydrogens (tertiary/aromatic N) is 2. The van der Waals surface area contributed by atoms with E-state index >= 15 is 0 Å². The first-order valence-corrected chi connectivity index (χ1v) is 11.4. The summed E-state index contributed by atoms with van der Waals surface area (Å²) < 4.78 is 4.77. The summed E-state index contributed by atoms with van der Waals surface area (Å²) in [5.74, 6) is 1.36. The molecule has 2 rings (SSSR count). The molecule has 0 fully saturated rings. The van der Waals surface area contributed by atoms with Gasteiger partial charge in [-0.2, -0.15) is 0 Å². The van der Waals surface area contributed by atoms with E-state index < -0.39 is 0 Å². The van der Waals surface area contributed by atoms with Crippen molar-refractivity contribution in [3.05, 3.63) is 54.1 Å². The van der Waals surface area contributed by atoms with Crippen molar-refractivity contribution in [2.45, 2.75) is 104 Å². The molecule has 0 spiro atoms. The maximum atomic E-state index is 2.42. The van der Waals surface area contributed by atoms with Gasteiger partial charge in [-0.3, -0.25) is 0 Å². The van der Waals surface area contributed by atoms with Crippen LogP contribution in [0.15, 0.2) is 42.7 Å². The summed E-state index contributed by atoms with van der Waals surface area (Å²) in [4.78, 5) is 0. The Morgan fingerprint density at radius 2 is 1.29 bits per heavy atom. The third-order valence-electron chi connectivity index (χ3n) is 5.71. The number of hydrogen-bond donors (Lipinski definition) is 0. The number of rotatable bonds is 15. The van der Waals surface area contributed by atoms with Crippen LogP contribution in [0.3, 0.4) is 0 Å². The second-order valence-corrected chi connectivity index (χ2v) is 8.04. The maximum absolute atomic E-state index is 2.42. The van der Waals surface area contributed by atoms with Crippen LogP contribution in [0.2, 0.25) is 0 Å². The van der Waals surface area contributed by atoms with Crippen molar-refractivity contribution in [2.24, 2.45) is 0 Å². The number of aryl methyl sites for hydroxylation is 1. The van der Waals surface area contributed by atoms with E-state index in [0.29, 0.717) is 0 Å². The number of unbranched alkanes of at least 4 members (excludes halogenated alkanes) is 11. The van der Waals surface area contributed by atoms with Crippen molar-refractivity contribution in [2.75, 3.05) is 0 Å². The summed E-state index contributed by atoms with van der Waals surface area (Å²) in [6, 6.07) is 10.7. The molecule has 0 atom stereocenters. The van der Waals surface area contributed by atoms with Gasteiger partial charge in [0.15, 0.2) is 0 Å². The molecule has 0 saturated carbocycles. The van der Waals surface area contributed by atoms with Gasteiger partial charge in [0.2, 0.25) is 0 Å². The summed E-state index contributed by atoms with van der Waals surface area (Å²) in [7, 11) is 0. The fourth-order valence-corrected chi connectivity index (χ4v) is 3.85. The fourth-order valence-electron chi connectivity index (χ4n) is 3.85. The van der Waals surface area contributed by atoms with Crippen molar-refractivity contribution < 1.29 is 17.0 Å². The van der Waals surface area contributed by atoms with E-state index in [-0.39, 0.29) is 12.4 Å². The molecular formula is C25H41ClN2. The van der Waals surface area contributed by atoms with Crippen LogP contribution in [0.25, 0.3) is 0 Å². The molecule has 3 heteroatoms. The maximum Gasteiger partial charge on any atom is 0.253 e. The summed E-state index contributed by atoms with van der Waals surface area (Å²) in [6.45, 7) is 6.66. The van der Waals surface area contributed by atoms with Crippen LogP contribution in [0, 0.1) is 6.92 Å². The molecule has 0 bridgehead atoms. The van der Waals surface area contributed by atoms with Gasteiger partial charge in [-0.25, -0.2) is 9.13 Å². The van der Waals surface area contributed by atoms with Gasteiger partial charge in [-0.05, 0) is 18.4 Å². The highest BCUT2D eigenvalue weighted by molar-refractivity contribution is 5.15. The molecule has 0 aliphatic heterocycles. The van der Waals surface area contributed by atoms with Gasteiger partial charge >= 0.3 is 0 Å². The smallest absolute Gasteiger partial charge is 0.253 e. The average molecular weight is 405 g/mol. The minimum Gasteiger partial charge on any atom is -1.00 e. The largest absolute Gasteiger partial charge is 1.00 e. The van der Waals surface area contributed by atoms with Crippen LogP contribution in [-0.4, -0.2) is 4.57 Å². The molecule has 0 aliphatic rings. The summed E-state index contributed by atoms with van der Waals surface area (Å²) >= 11 is 0. The van der Waals surface area contributed by atoms with Gasteiger partial charge in [-0.1, -0.05) is 101 Å². The first kappa shape index (κ1) is 24.8. The molecule has 2 aromatic rings. The Kier molecular flexibility index (Phi) is 13.8. The van der Waals surface area contributed by atoms with E-state index in [2.05, 4.69) is 65.7 Å². The van der Waals surface area contributed by atoms with E-state index in [1.165, 1.54) is 88.4 Å². The number of benzene rings is 1. The quantitative estimate of drug-likeness (QED) is 0.315. The number of aromatic nitrogens is 2. The molecule has 0 amide bonds. The molecule has 0 N–H and O–H groups in total. The second kappa shape index (κ2) is 15.6. The lowest BCUT2D eigenvalue weighted by Gasteiger charge is -2.03. The zero-order valence-corrected chi connectivity index (χ0v) is 19.0. The third kappa shape index (κ3) is 9.78. The summed E-state index contributed by atoms with van der Waals surface area (Å²) in [6.07, 6.45) is 21.4. The molecule has 2 nitrogen and oxygen atoms in total. The van der Waals surface area contributed by atoms with Gasteiger partial charge in [0, 0.05) is 6.92 Å². The highest BCUT2D eigenvalue weighted by Gasteiger charge is 2.11. The van der Waals surface area contributed by atoms with Gasteiger partial charge in [0.05, 0.1) is 6.54 Å². The SMILES string of the molecule is CCCCCCCCCCCCCC[n+]1ccn(Cc2ccccc2)c1C.[Cl-]. The van der Waals surface area contributed by atoms with Crippen LogP contribution in [0.5, 0.6) is 0 Å². The molecule has 0 saturated heterocycles. The van der Waals surface area contributed by atoms with E-state index in [1.54, 1.807) is 0 Å². The summed E-state index contributed by atoms with van der Waals surface area (Å²) in [5, 5.41) is 0. The molecule has 158 valence electrons. The Labute approximate surface area is 179 Å². The fraction of sp³-hybridized carbons (Fsp3) is 0.640. The zero-order valence-electron chi connectivity index (χ0n) is 18.2. The minimum absolute atomic E-state index is 0. The van der Waals surface area contributed by atoms with Crippen molar-refractivity contribution in [3.63, 3.8) is 0 Å². The molecule has 0 aliphatic carbocycles. The van der Waals surface area contributed by atoms with Crippen LogP contribution in [-0.2, 0) is 13.1 Å². The standard InChI is InChI=1S/C25H41N2.ClH/c1-3-4-5-6-7-8-9-10-11-12-13-17-20-26-21-22-27(24(26)2)23-25-18-15-14-16-19-25;/h14-16,18-19,21-22H,3-13,17,20,23H2,1-2H3;1H/q+1;/p-1. The molecular weight excluding hydrogens is 364 g/mol. The highest BCUT2D eigenvalue weighted by Crippen LogP contribution is 2.12. The van der Waals surface area contributed by atoms with Gasteiger partial charge in [0.1, 0.15) is 18.9 Å². The van der Waals surface area contributed by atoms with Crippen LogP contribution in [0.1, 0.15) is 95.4 Å². The normalized spacial score (nSPS) is 10.8. The van der Waals surface area contributed by atoms with Gasteiger partial charge in [-0.15, -0.1) is 0 Å². The predicted molar refractivity (Wildman–Crippen MR) is 116 cm³/mol. The van der Waals surface area contributed by atoms with E-state index in [4.69, 9.17) is 0 Å². The Balaban J connectivity index is 0.00000392. The van der Waals surface area contributed by atoms with Gasteiger partial charge < -0.3 is 12.4 Å². The topological polar surface area (TPSA) is 8.81 Å². The number of halogens is 1. The van der Waals surface area contributed by atoms with Crippen molar-refractivity contribution in [1.82, 2.24) is 4.57 Å². The van der Waals surface area contributed by atoms with E-state index in [0.717, 1.165) is 13.1 Å². The van der Waals surface area contributed by atoms with Crippen LogP contribution in [0.4, 0.5) is 0 Å². The first-order chi connectivity index (χ1) is 13.3. The van der Waals surface area contributed by atoms with Crippen LogP contribution < -0.4 is 17.0 Å². The molecule has 1 heterocycles. The lowest BCUT2D eigenvalue weighted by atomic mass is 10.1. The zero-order chi connectivity index (χ0) is 19.2. The molecule has 1 aromatic heterocycles. The molecule has 0 unspecified atom stereocenters.